The monoisotopic (exact) mass is 380 g/mol. The molecule has 3 aromatic rings. The van der Waals surface area contributed by atoms with Crippen molar-refractivity contribution in [3.05, 3.63) is 60.7 Å². The summed E-state index contributed by atoms with van der Waals surface area (Å²) in [5.74, 6) is 1.40. The Bertz CT molecular complexity index is 827. The van der Waals surface area contributed by atoms with E-state index in [-0.39, 0.29) is 11.4 Å². The number of hydrogen-bond donors (Lipinski definition) is 1. The van der Waals surface area contributed by atoms with Crippen LogP contribution in [0.25, 0.3) is 22.6 Å². The molecule has 1 aromatic heterocycles. The van der Waals surface area contributed by atoms with Crippen LogP contribution in [0.1, 0.15) is 27.2 Å². The van der Waals surface area contributed by atoms with Crippen LogP contribution in [0.15, 0.2) is 70.3 Å². The summed E-state index contributed by atoms with van der Waals surface area (Å²) in [6.45, 7) is 5.93. The lowest BCUT2D eigenvalue weighted by Crippen LogP contribution is -2.40. The Kier molecular flexibility index (Phi) is 6.01. The van der Waals surface area contributed by atoms with Crippen molar-refractivity contribution in [3.8, 4) is 22.6 Å². The quantitative estimate of drug-likeness (QED) is 0.581. The second-order valence-corrected chi connectivity index (χ2v) is 8.33. The fourth-order valence-electron chi connectivity index (χ4n) is 2.65. The van der Waals surface area contributed by atoms with E-state index in [0.717, 1.165) is 22.6 Å². The van der Waals surface area contributed by atoms with Crippen molar-refractivity contribution in [1.29, 1.82) is 0 Å². The second-order valence-electron chi connectivity index (χ2n) is 7.29. The van der Waals surface area contributed by atoms with Crippen molar-refractivity contribution in [2.45, 2.75) is 38.0 Å². The van der Waals surface area contributed by atoms with Gasteiger partial charge >= 0.3 is 0 Å². The van der Waals surface area contributed by atoms with Crippen molar-refractivity contribution in [2.24, 2.45) is 0 Å². The summed E-state index contributed by atoms with van der Waals surface area (Å²) in [7, 11) is 0. The molecule has 0 radical (unpaired) electrons. The number of hydrogen-bond acceptors (Lipinski definition) is 4. The van der Waals surface area contributed by atoms with Gasteiger partial charge in [0.2, 0.25) is 5.91 Å². The molecule has 0 unspecified atom stereocenters. The molecule has 27 heavy (non-hydrogen) atoms. The average Bonchev–Trinajstić information content (AvgIpc) is 3.06. The Labute approximate surface area is 164 Å². The summed E-state index contributed by atoms with van der Waals surface area (Å²) < 4.78 is 6.06. The van der Waals surface area contributed by atoms with Crippen LogP contribution in [0.3, 0.4) is 0 Å². The van der Waals surface area contributed by atoms with Crippen LogP contribution < -0.4 is 5.32 Å². The highest BCUT2D eigenvalue weighted by atomic mass is 32.2. The Morgan fingerprint density at radius 2 is 1.59 bits per heavy atom. The number of aromatic nitrogens is 1. The van der Waals surface area contributed by atoms with Crippen LogP contribution in [0.5, 0.6) is 0 Å². The van der Waals surface area contributed by atoms with Gasteiger partial charge in [-0.15, -0.1) is 0 Å². The zero-order chi connectivity index (χ0) is 19.3. The first-order valence-corrected chi connectivity index (χ1v) is 9.96. The van der Waals surface area contributed by atoms with Crippen LogP contribution in [0, 0.1) is 0 Å². The molecule has 2 aromatic carbocycles. The molecule has 0 aliphatic carbocycles. The number of carbonyl (C=O) groups excluding carboxylic acids is 1. The molecule has 4 nitrogen and oxygen atoms in total. The van der Waals surface area contributed by atoms with Crippen LogP contribution in [0.4, 0.5) is 0 Å². The number of nitrogens with one attached hydrogen (secondary N) is 1. The maximum atomic E-state index is 12.0. The van der Waals surface area contributed by atoms with Gasteiger partial charge in [-0.25, -0.2) is 4.98 Å². The second kappa shape index (κ2) is 8.44. The van der Waals surface area contributed by atoms with E-state index in [4.69, 9.17) is 9.40 Å². The first-order valence-electron chi connectivity index (χ1n) is 8.98. The molecule has 0 saturated heterocycles. The lowest BCUT2D eigenvalue weighted by Gasteiger charge is -2.20. The molecular formula is C22H24N2O2S. The van der Waals surface area contributed by atoms with Crippen molar-refractivity contribution >= 4 is 17.7 Å². The van der Waals surface area contributed by atoms with E-state index in [0.29, 0.717) is 17.4 Å². The number of thioether (sulfide) groups is 1. The smallest absolute Gasteiger partial charge is 0.256 e. The first-order chi connectivity index (χ1) is 12.9. The molecule has 1 N–H and O–H groups in total. The van der Waals surface area contributed by atoms with E-state index < -0.39 is 0 Å². The van der Waals surface area contributed by atoms with Crippen molar-refractivity contribution in [3.63, 3.8) is 0 Å². The number of oxazole rings is 1. The van der Waals surface area contributed by atoms with Gasteiger partial charge in [0, 0.05) is 28.8 Å². The maximum absolute atomic E-state index is 12.0. The molecule has 5 heteroatoms. The number of nitrogens with zero attached hydrogens (tertiary/aromatic N) is 1. The van der Waals surface area contributed by atoms with Gasteiger partial charge in [-0.05, 0) is 20.8 Å². The van der Waals surface area contributed by atoms with Crippen molar-refractivity contribution < 1.29 is 9.21 Å². The largest absolute Gasteiger partial charge is 0.431 e. The highest BCUT2D eigenvalue weighted by Gasteiger charge is 2.18. The van der Waals surface area contributed by atoms with Crippen LogP contribution in [-0.2, 0) is 4.79 Å². The molecule has 0 aliphatic rings. The van der Waals surface area contributed by atoms with E-state index in [9.17, 15) is 4.79 Å². The van der Waals surface area contributed by atoms with Gasteiger partial charge in [0.15, 0.2) is 5.76 Å². The normalized spacial score (nSPS) is 11.4. The van der Waals surface area contributed by atoms with Crippen LogP contribution in [-0.4, -0.2) is 22.2 Å². The lowest BCUT2D eigenvalue weighted by atomic mass is 10.1. The fraction of sp³-hybridized carbons (Fsp3) is 0.273. The van der Waals surface area contributed by atoms with Gasteiger partial charge in [-0.1, -0.05) is 72.4 Å². The summed E-state index contributed by atoms with van der Waals surface area (Å²) in [6.07, 6.45) is 0.422. The minimum atomic E-state index is -0.217. The minimum Gasteiger partial charge on any atom is -0.431 e. The zero-order valence-electron chi connectivity index (χ0n) is 15.9. The molecule has 0 fully saturated rings. The predicted molar refractivity (Wildman–Crippen MR) is 111 cm³/mol. The van der Waals surface area contributed by atoms with Gasteiger partial charge < -0.3 is 9.73 Å². The van der Waals surface area contributed by atoms with E-state index in [1.165, 1.54) is 11.8 Å². The Morgan fingerprint density at radius 3 is 2.19 bits per heavy atom. The van der Waals surface area contributed by atoms with Gasteiger partial charge in [0.1, 0.15) is 5.69 Å². The topological polar surface area (TPSA) is 55.1 Å². The van der Waals surface area contributed by atoms with Gasteiger partial charge in [-0.2, -0.15) is 0 Å². The standard InChI is InChI=1S/C22H24N2O2S/c1-22(2,3)24-18(25)14-15-27-21-23-19(16-10-6-4-7-11-16)20(26-21)17-12-8-5-9-13-17/h4-13H,14-15H2,1-3H3,(H,24,25). The third-order valence-corrected chi connectivity index (χ3v) is 4.59. The molecule has 0 saturated carbocycles. The van der Waals surface area contributed by atoms with Gasteiger partial charge in [-0.3, -0.25) is 4.79 Å². The third kappa shape index (κ3) is 5.47. The molecule has 0 bridgehead atoms. The Balaban J connectivity index is 1.77. The molecule has 3 rings (SSSR count). The SMILES string of the molecule is CC(C)(C)NC(=O)CCSc1nc(-c2ccccc2)c(-c2ccccc2)o1. The average molecular weight is 381 g/mol. The summed E-state index contributed by atoms with van der Waals surface area (Å²) in [6, 6.07) is 20.0. The highest BCUT2D eigenvalue weighted by Crippen LogP contribution is 2.35. The number of benzene rings is 2. The van der Waals surface area contributed by atoms with Crippen molar-refractivity contribution in [1.82, 2.24) is 10.3 Å². The lowest BCUT2D eigenvalue weighted by molar-refractivity contribution is -0.122. The van der Waals surface area contributed by atoms with E-state index in [1.54, 1.807) is 0 Å². The van der Waals surface area contributed by atoms with Gasteiger partial charge in [0.05, 0.1) is 0 Å². The summed E-state index contributed by atoms with van der Waals surface area (Å²) >= 11 is 1.46. The van der Waals surface area contributed by atoms with Crippen LogP contribution in [0.2, 0.25) is 0 Å². The molecule has 1 heterocycles. The maximum Gasteiger partial charge on any atom is 0.256 e. The van der Waals surface area contributed by atoms with E-state index in [2.05, 4.69) is 5.32 Å². The molecule has 1 amide bonds. The van der Waals surface area contributed by atoms with E-state index >= 15 is 0 Å². The molecule has 0 aliphatic heterocycles. The third-order valence-electron chi connectivity index (χ3n) is 3.76. The fourth-order valence-corrected chi connectivity index (χ4v) is 3.41. The highest BCUT2D eigenvalue weighted by molar-refractivity contribution is 7.99. The summed E-state index contributed by atoms with van der Waals surface area (Å²) in [5.41, 5.74) is 2.60. The summed E-state index contributed by atoms with van der Waals surface area (Å²) in [4.78, 5) is 16.7. The molecule has 0 spiro atoms. The minimum absolute atomic E-state index is 0.0353. The molecule has 0 atom stereocenters. The van der Waals surface area contributed by atoms with E-state index in [1.807, 2.05) is 81.4 Å². The Morgan fingerprint density at radius 1 is 1.00 bits per heavy atom. The van der Waals surface area contributed by atoms with Gasteiger partial charge in [0.25, 0.3) is 5.22 Å². The van der Waals surface area contributed by atoms with Crippen molar-refractivity contribution in [2.75, 3.05) is 5.75 Å². The van der Waals surface area contributed by atoms with Crippen LogP contribution >= 0.6 is 11.8 Å². The predicted octanol–water partition coefficient (Wildman–Crippen LogP) is 5.41. The zero-order valence-corrected chi connectivity index (χ0v) is 16.7. The Hall–Kier alpha value is -2.53. The molecular weight excluding hydrogens is 356 g/mol. The number of rotatable bonds is 6. The summed E-state index contributed by atoms with van der Waals surface area (Å²) in [5, 5.41) is 3.55. The molecule has 140 valence electrons. The first kappa shape index (κ1) is 19.2. The number of amides is 1. The number of carbonyl (C=O) groups is 1.